The van der Waals surface area contributed by atoms with Crippen LogP contribution in [0.5, 0.6) is 0 Å². The first-order valence-corrected chi connectivity index (χ1v) is 2.31. The summed E-state index contributed by atoms with van der Waals surface area (Å²) in [5.74, 6) is 2.64. The van der Waals surface area contributed by atoms with Crippen molar-refractivity contribution >= 4 is 5.87 Å². The summed E-state index contributed by atoms with van der Waals surface area (Å²) in [4.78, 5) is 3.61. The molecule has 0 heterocycles. The molecule has 0 saturated heterocycles. The third kappa shape index (κ3) is 5.25. The smallest absolute Gasteiger partial charge is 0.0591 e. The molecule has 7 heavy (non-hydrogen) atoms. The molecule has 0 saturated carbocycles. The van der Waals surface area contributed by atoms with Gasteiger partial charge in [-0.05, 0) is 12.8 Å². The van der Waals surface area contributed by atoms with Gasteiger partial charge < -0.3 is 5.32 Å². The van der Waals surface area contributed by atoms with E-state index in [2.05, 4.69) is 16.2 Å². The standard InChI is InChI=1S/C5H10N2/c1-3-7-5-4-6-2/h5,7H,3H2,1-2H3. The molecule has 0 rings (SSSR count). The molecular formula is C5H10N2. The molecule has 0 aliphatic carbocycles. The number of aliphatic imine (C=N–C) groups is 1. The fourth-order valence-electron chi connectivity index (χ4n) is 0.212. The highest BCUT2D eigenvalue weighted by Gasteiger charge is 1.58. The molecule has 0 amide bonds. The van der Waals surface area contributed by atoms with E-state index in [0.717, 1.165) is 6.54 Å². The highest BCUT2D eigenvalue weighted by Crippen LogP contribution is 1.49. The predicted octanol–water partition coefficient (Wildman–Crippen LogP) is 0.409. The maximum atomic E-state index is 3.61. The Kier molecular flexibility index (Phi) is 4.69. The van der Waals surface area contributed by atoms with Crippen LogP contribution in [0.4, 0.5) is 0 Å². The van der Waals surface area contributed by atoms with Crippen molar-refractivity contribution in [2.45, 2.75) is 6.92 Å². The maximum absolute atomic E-state index is 3.61. The predicted molar refractivity (Wildman–Crippen MR) is 31.6 cm³/mol. The van der Waals surface area contributed by atoms with Gasteiger partial charge in [-0.1, -0.05) is 0 Å². The van der Waals surface area contributed by atoms with Gasteiger partial charge in [0.1, 0.15) is 0 Å². The number of nitrogens with zero attached hydrogens (tertiary/aromatic N) is 1. The van der Waals surface area contributed by atoms with Gasteiger partial charge in [0.15, 0.2) is 0 Å². The highest BCUT2D eigenvalue weighted by molar-refractivity contribution is 5.50. The van der Waals surface area contributed by atoms with Gasteiger partial charge in [0.25, 0.3) is 0 Å². The Hall–Kier alpha value is -0.750. The molecule has 0 spiro atoms. The van der Waals surface area contributed by atoms with Crippen molar-refractivity contribution < 1.29 is 0 Å². The first-order chi connectivity index (χ1) is 3.41. The summed E-state index contributed by atoms with van der Waals surface area (Å²) in [5.41, 5.74) is 0. The number of hydrogen-bond acceptors (Lipinski definition) is 2. The third-order valence-corrected chi connectivity index (χ3v) is 0.500. The highest BCUT2D eigenvalue weighted by atomic mass is 14.8. The molecule has 2 nitrogen and oxygen atoms in total. The van der Waals surface area contributed by atoms with Crippen LogP contribution in [0.15, 0.2) is 11.2 Å². The van der Waals surface area contributed by atoms with E-state index in [-0.39, 0.29) is 0 Å². The van der Waals surface area contributed by atoms with Gasteiger partial charge in [0, 0.05) is 13.6 Å². The van der Waals surface area contributed by atoms with Crippen LogP contribution in [-0.4, -0.2) is 19.5 Å². The minimum Gasteiger partial charge on any atom is -0.384 e. The summed E-state index contributed by atoms with van der Waals surface area (Å²) in [5, 5.41) is 2.92. The Morgan fingerprint density at radius 1 is 1.86 bits per heavy atom. The molecule has 0 aliphatic heterocycles. The lowest BCUT2D eigenvalue weighted by atomic mass is 10.7. The lowest BCUT2D eigenvalue weighted by Crippen LogP contribution is -2.01. The molecule has 0 aliphatic rings. The van der Waals surface area contributed by atoms with E-state index in [4.69, 9.17) is 0 Å². The Morgan fingerprint density at radius 2 is 2.57 bits per heavy atom. The van der Waals surface area contributed by atoms with Gasteiger partial charge in [-0.15, -0.1) is 0 Å². The molecule has 0 bridgehead atoms. The van der Waals surface area contributed by atoms with Gasteiger partial charge in [-0.25, -0.2) is 4.99 Å². The van der Waals surface area contributed by atoms with Crippen molar-refractivity contribution in [3.63, 3.8) is 0 Å². The van der Waals surface area contributed by atoms with Crippen LogP contribution in [0, 0.1) is 0 Å². The zero-order valence-corrected chi connectivity index (χ0v) is 4.73. The fourth-order valence-corrected chi connectivity index (χ4v) is 0.212. The minimum absolute atomic E-state index is 0.933. The molecule has 0 aromatic heterocycles. The summed E-state index contributed by atoms with van der Waals surface area (Å²) < 4.78 is 0. The van der Waals surface area contributed by atoms with Crippen LogP contribution >= 0.6 is 0 Å². The average molecular weight is 98.1 g/mol. The molecule has 40 valence electrons. The molecule has 0 fully saturated rings. The SMILES string of the molecule is CCNC=C=NC. The first kappa shape index (κ1) is 6.25. The van der Waals surface area contributed by atoms with Crippen molar-refractivity contribution in [2.75, 3.05) is 13.6 Å². The van der Waals surface area contributed by atoms with Crippen LogP contribution in [0.3, 0.4) is 0 Å². The lowest BCUT2D eigenvalue weighted by Gasteiger charge is -1.83. The van der Waals surface area contributed by atoms with E-state index < -0.39 is 0 Å². The van der Waals surface area contributed by atoms with E-state index in [9.17, 15) is 0 Å². The molecule has 0 aromatic carbocycles. The molecule has 2 heteroatoms. The van der Waals surface area contributed by atoms with Crippen molar-refractivity contribution in [3.8, 4) is 0 Å². The van der Waals surface area contributed by atoms with Crippen molar-refractivity contribution in [3.05, 3.63) is 6.20 Å². The van der Waals surface area contributed by atoms with Gasteiger partial charge in [-0.3, -0.25) is 0 Å². The Morgan fingerprint density at radius 3 is 3.00 bits per heavy atom. The summed E-state index contributed by atoms with van der Waals surface area (Å²) in [7, 11) is 1.69. The van der Waals surface area contributed by atoms with Crippen LogP contribution in [0.2, 0.25) is 0 Å². The monoisotopic (exact) mass is 98.1 g/mol. The zero-order chi connectivity index (χ0) is 5.54. The Bertz CT molecular complexity index is 80.1. The normalized spacial score (nSPS) is 6.57. The quantitative estimate of drug-likeness (QED) is 0.497. The lowest BCUT2D eigenvalue weighted by molar-refractivity contribution is 0.927. The van der Waals surface area contributed by atoms with Crippen LogP contribution in [0.25, 0.3) is 0 Å². The van der Waals surface area contributed by atoms with E-state index in [1.165, 1.54) is 0 Å². The summed E-state index contributed by atoms with van der Waals surface area (Å²) in [6.07, 6.45) is 1.69. The number of rotatable bonds is 2. The minimum atomic E-state index is 0.933. The second kappa shape index (κ2) is 5.25. The van der Waals surface area contributed by atoms with Crippen LogP contribution in [0.1, 0.15) is 6.92 Å². The van der Waals surface area contributed by atoms with E-state index >= 15 is 0 Å². The van der Waals surface area contributed by atoms with Gasteiger partial charge in [0.05, 0.1) is 6.20 Å². The van der Waals surface area contributed by atoms with E-state index in [0.29, 0.717) is 0 Å². The van der Waals surface area contributed by atoms with Crippen molar-refractivity contribution in [1.29, 1.82) is 0 Å². The van der Waals surface area contributed by atoms with Crippen LogP contribution in [-0.2, 0) is 0 Å². The van der Waals surface area contributed by atoms with Crippen LogP contribution < -0.4 is 5.32 Å². The molecule has 0 radical (unpaired) electrons. The fraction of sp³-hybridized carbons (Fsp3) is 0.600. The molecule has 1 N–H and O–H groups in total. The second-order valence-corrected chi connectivity index (χ2v) is 1.05. The second-order valence-electron chi connectivity index (χ2n) is 1.05. The topological polar surface area (TPSA) is 24.4 Å². The first-order valence-electron chi connectivity index (χ1n) is 2.31. The van der Waals surface area contributed by atoms with Crippen molar-refractivity contribution in [2.24, 2.45) is 4.99 Å². The van der Waals surface area contributed by atoms with Gasteiger partial charge in [0.2, 0.25) is 0 Å². The Labute approximate surface area is 44.0 Å². The molecule has 0 atom stereocenters. The summed E-state index contributed by atoms with van der Waals surface area (Å²) in [6.45, 7) is 2.95. The zero-order valence-electron chi connectivity index (χ0n) is 4.73. The number of nitrogens with one attached hydrogen (secondary N) is 1. The number of hydrogen-bond donors (Lipinski definition) is 1. The van der Waals surface area contributed by atoms with E-state index in [1.54, 1.807) is 13.2 Å². The summed E-state index contributed by atoms with van der Waals surface area (Å²) >= 11 is 0. The largest absolute Gasteiger partial charge is 0.384 e. The Balaban J connectivity index is 3.10. The maximum Gasteiger partial charge on any atom is 0.0591 e. The third-order valence-electron chi connectivity index (χ3n) is 0.500. The van der Waals surface area contributed by atoms with Gasteiger partial charge >= 0.3 is 0 Å². The summed E-state index contributed by atoms with van der Waals surface area (Å²) in [6, 6.07) is 0. The molecule has 0 aromatic rings. The average Bonchev–Trinajstić information content (AvgIpc) is 1.69. The van der Waals surface area contributed by atoms with Gasteiger partial charge in [-0.2, -0.15) is 0 Å². The molecular weight excluding hydrogens is 88.1 g/mol. The van der Waals surface area contributed by atoms with E-state index in [1.807, 2.05) is 6.92 Å². The molecule has 0 unspecified atom stereocenters. The van der Waals surface area contributed by atoms with Crippen molar-refractivity contribution in [1.82, 2.24) is 5.32 Å².